The van der Waals surface area contributed by atoms with Crippen LogP contribution in [-0.2, 0) is 14.3 Å². The van der Waals surface area contributed by atoms with E-state index in [1.54, 1.807) is 24.3 Å². The first kappa shape index (κ1) is 19.9. The number of carbonyl (C=O) groups is 3. The number of fused-ring (bicyclic) bond motifs is 3. The number of phenols is 1. The van der Waals surface area contributed by atoms with E-state index in [1.165, 1.54) is 18.2 Å². The van der Waals surface area contributed by atoms with Gasteiger partial charge in [0.25, 0.3) is 0 Å². The molecule has 0 unspecified atom stereocenters. The van der Waals surface area contributed by atoms with E-state index in [0.717, 1.165) is 6.08 Å². The molecule has 7 heteroatoms. The molecule has 3 rings (SSSR count). The standard InChI is InChI=1S/C22H18O7/c1-2-18(24)28-9-4-10-29-22(27)17-12-15(23)11-14-8-7-13-5-3-6-16(21(25)26)19(13)20(14)17/h2-3,5-8,11-12,23H,1,4,9-10H2,(H,25,26). The van der Waals surface area contributed by atoms with Crippen molar-refractivity contribution in [2.75, 3.05) is 13.2 Å². The van der Waals surface area contributed by atoms with Crippen LogP contribution >= 0.6 is 0 Å². The molecule has 2 N–H and O–H groups in total. The van der Waals surface area contributed by atoms with Gasteiger partial charge >= 0.3 is 17.9 Å². The first-order valence-electron chi connectivity index (χ1n) is 8.80. The Morgan fingerprint density at radius 3 is 2.34 bits per heavy atom. The van der Waals surface area contributed by atoms with Gasteiger partial charge < -0.3 is 19.7 Å². The second kappa shape index (κ2) is 8.43. The third-order valence-corrected chi connectivity index (χ3v) is 4.33. The molecule has 0 radical (unpaired) electrons. The number of hydrogen-bond acceptors (Lipinski definition) is 6. The van der Waals surface area contributed by atoms with Crippen molar-refractivity contribution in [3.63, 3.8) is 0 Å². The summed E-state index contributed by atoms with van der Waals surface area (Å²) in [6, 6.07) is 11.0. The molecule has 0 heterocycles. The van der Waals surface area contributed by atoms with Crippen molar-refractivity contribution in [3.05, 3.63) is 66.2 Å². The lowest BCUT2D eigenvalue weighted by molar-refractivity contribution is -0.137. The molecule has 148 valence electrons. The highest BCUT2D eigenvalue weighted by molar-refractivity contribution is 6.22. The van der Waals surface area contributed by atoms with Crippen LogP contribution in [0.5, 0.6) is 5.75 Å². The Labute approximate surface area is 165 Å². The molecule has 0 fully saturated rings. The Morgan fingerprint density at radius 1 is 0.931 bits per heavy atom. The van der Waals surface area contributed by atoms with Crippen molar-refractivity contribution < 1.29 is 34.1 Å². The summed E-state index contributed by atoms with van der Waals surface area (Å²) < 4.78 is 10.1. The number of hydrogen-bond donors (Lipinski definition) is 2. The molecule has 0 aliphatic rings. The van der Waals surface area contributed by atoms with Crippen molar-refractivity contribution in [1.29, 1.82) is 0 Å². The maximum atomic E-state index is 12.7. The van der Waals surface area contributed by atoms with E-state index in [2.05, 4.69) is 6.58 Å². The van der Waals surface area contributed by atoms with Crippen LogP contribution in [0, 0.1) is 0 Å². The lowest BCUT2D eigenvalue weighted by Gasteiger charge is -2.12. The molecule has 0 atom stereocenters. The summed E-state index contributed by atoms with van der Waals surface area (Å²) in [7, 11) is 0. The zero-order valence-electron chi connectivity index (χ0n) is 15.4. The van der Waals surface area contributed by atoms with Crippen LogP contribution in [-0.4, -0.2) is 41.3 Å². The van der Waals surface area contributed by atoms with Crippen LogP contribution in [0.25, 0.3) is 21.5 Å². The van der Waals surface area contributed by atoms with E-state index >= 15 is 0 Å². The molecule has 0 saturated heterocycles. The van der Waals surface area contributed by atoms with Crippen molar-refractivity contribution in [2.45, 2.75) is 6.42 Å². The summed E-state index contributed by atoms with van der Waals surface area (Å²) in [5.41, 5.74) is 0.103. The quantitative estimate of drug-likeness (QED) is 0.272. The average Bonchev–Trinajstić information content (AvgIpc) is 2.71. The third-order valence-electron chi connectivity index (χ3n) is 4.33. The number of aromatic hydroxyl groups is 1. The summed E-state index contributed by atoms with van der Waals surface area (Å²) >= 11 is 0. The highest BCUT2D eigenvalue weighted by Gasteiger charge is 2.19. The number of carboxylic acid groups (broad SMARTS) is 1. The number of carbonyl (C=O) groups excluding carboxylic acids is 2. The minimum atomic E-state index is -1.13. The van der Waals surface area contributed by atoms with Crippen LogP contribution in [0.4, 0.5) is 0 Å². The summed E-state index contributed by atoms with van der Waals surface area (Å²) in [6.07, 6.45) is 1.32. The van der Waals surface area contributed by atoms with Gasteiger partial charge in [0.05, 0.1) is 24.3 Å². The molecular weight excluding hydrogens is 376 g/mol. The first-order chi connectivity index (χ1) is 13.9. The van der Waals surface area contributed by atoms with Gasteiger partial charge in [-0.2, -0.15) is 0 Å². The van der Waals surface area contributed by atoms with Crippen molar-refractivity contribution >= 4 is 39.5 Å². The van der Waals surface area contributed by atoms with Gasteiger partial charge in [-0.15, -0.1) is 0 Å². The number of ether oxygens (including phenoxy) is 2. The van der Waals surface area contributed by atoms with Crippen LogP contribution < -0.4 is 0 Å². The summed E-state index contributed by atoms with van der Waals surface area (Å²) in [5, 5.41) is 21.5. The van der Waals surface area contributed by atoms with Crippen LogP contribution in [0.15, 0.2) is 55.1 Å². The van der Waals surface area contributed by atoms with E-state index < -0.39 is 17.9 Å². The fourth-order valence-electron chi connectivity index (χ4n) is 3.10. The predicted octanol–water partition coefficient (Wildman–Crippen LogP) is 3.67. The molecular formula is C22H18O7. The van der Waals surface area contributed by atoms with Crippen LogP contribution in [0.1, 0.15) is 27.1 Å². The molecule has 0 spiro atoms. The highest BCUT2D eigenvalue weighted by Crippen LogP contribution is 2.34. The number of phenolic OH excluding ortho intramolecular Hbond substituents is 1. The number of aromatic carboxylic acids is 1. The SMILES string of the molecule is C=CC(=O)OCCCOC(=O)c1cc(O)cc2ccc3cccc(C(=O)O)c3c12. The molecule has 3 aromatic carbocycles. The molecule has 29 heavy (non-hydrogen) atoms. The molecule has 0 saturated carbocycles. The Kier molecular flexibility index (Phi) is 5.78. The summed E-state index contributed by atoms with van der Waals surface area (Å²) in [4.78, 5) is 35.4. The fraction of sp³-hybridized carbons (Fsp3) is 0.136. The zero-order chi connectivity index (χ0) is 21.0. The largest absolute Gasteiger partial charge is 0.508 e. The Hall–Kier alpha value is -3.87. The predicted molar refractivity (Wildman–Crippen MR) is 106 cm³/mol. The van der Waals surface area contributed by atoms with Crippen molar-refractivity contribution in [3.8, 4) is 5.75 Å². The average molecular weight is 394 g/mol. The summed E-state index contributed by atoms with van der Waals surface area (Å²) in [6.45, 7) is 3.33. The smallest absolute Gasteiger partial charge is 0.338 e. The lowest BCUT2D eigenvalue weighted by atomic mass is 9.94. The number of rotatable bonds is 7. The van der Waals surface area contributed by atoms with Gasteiger partial charge in [-0.05, 0) is 29.0 Å². The molecule has 7 nitrogen and oxygen atoms in total. The number of benzene rings is 3. The molecule has 0 aliphatic heterocycles. The highest BCUT2D eigenvalue weighted by atomic mass is 16.5. The maximum Gasteiger partial charge on any atom is 0.338 e. The van der Waals surface area contributed by atoms with E-state index in [4.69, 9.17) is 9.47 Å². The van der Waals surface area contributed by atoms with Crippen LogP contribution in [0.3, 0.4) is 0 Å². The van der Waals surface area contributed by atoms with Gasteiger partial charge in [0.2, 0.25) is 0 Å². The zero-order valence-corrected chi connectivity index (χ0v) is 15.4. The third kappa shape index (κ3) is 4.19. The van der Waals surface area contributed by atoms with Gasteiger partial charge in [-0.3, -0.25) is 0 Å². The van der Waals surface area contributed by atoms with Crippen LogP contribution in [0.2, 0.25) is 0 Å². The topological polar surface area (TPSA) is 110 Å². The first-order valence-corrected chi connectivity index (χ1v) is 8.80. The van der Waals surface area contributed by atoms with E-state index in [9.17, 15) is 24.6 Å². The van der Waals surface area contributed by atoms with Crippen molar-refractivity contribution in [2.24, 2.45) is 0 Å². The molecule has 0 aromatic heterocycles. The molecule has 0 aliphatic carbocycles. The molecule has 0 amide bonds. The number of esters is 2. The van der Waals surface area contributed by atoms with Gasteiger partial charge in [0, 0.05) is 23.3 Å². The monoisotopic (exact) mass is 394 g/mol. The fourth-order valence-corrected chi connectivity index (χ4v) is 3.10. The normalized spacial score (nSPS) is 10.6. The summed E-state index contributed by atoms with van der Waals surface area (Å²) in [5.74, 6) is -2.55. The molecule has 3 aromatic rings. The Balaban J connectivity index is 1.98. The lowest BCUT2D eigenvalue weighted by Crippen LogP contribution is -2.10. The minimum Gasteiger partial charge on any atom is -0.508 e. The van der Waals surface area contributed by atoms with Gasteiger partial charge in [0.1, 0.15) is 5.75 Å². The number of carboxylic acids is 1. The second-order valence-corrected chi connectivity index (χ2v) is 6.23. The second-order valence-electron chi connectivity index (χ2n) is 6.23. The van der Waals surface area contributed by atoms with E-state index in [0.29, 0.717) is 21.5 Å². The van der Waals surface area contributed by atoms with Gasteiger partial charge in [0.15, 0.2) is 0 Å². The van der Waals surface area contributed by atoms with Crippen molar-refractivity contribution in [1.82, 2.24) is 0 Å². The van der Waals surface area contributed by atoms with E-state index in [1.807, 2.05) is 0 Å². The Bertz CT molecular complexity index is 1130. The van der Waals surface area contributed by atoms with E-state index in [-0.39, 0.29) is 36.5 Å². The van der Waals surface area contributed by atoms with Gasteiger partial charge in [-0.25, -0.2) is 14.4 Å². The van der Waals surface area contributed by atoms with Gasteiger partial charge in [-0.1, -0.05) is 30.8 Å². The molecule has 0 bridgehead atoms. The Morgan fingerprint density at radius 2 is 1.62 bits per heavy atom. The maximum absolute atomic E-state index is 12.7. The minimum absolute atomic E-state index is 0.0169.